The zero-order valence-corrected chi connectivity index (χ0v) is 22.3. The Morgan fingerprint density at radius 3 is 2.60 bits per heavy atom. The number of rotatable bonds is 9. The number of carbonyl (C=O) groups is 1. The molecule has 9 nitrogen and oxygen atoms in total. The van der Waals surface area contributed by atoms with Crippen molar-refractivity contribution in [2.75, 3.05) is 12.3 Å². The van der Waals surface area contributed by atoms with E-state index in [1.54, 1.807) is 24.4 Å². The summed E-state index contributed by atoms with van der Waals surface area (Å²) < 4.78 is 43.0. The minimum absolute atomic E-state index is 0.0146. The van der Waals surface area contributed by atoms with Crippen LogP contribution in [0.4, 0.5) is 14.6 Å². The monoisotopic (exact) mass is 569 g/mol. The standard InChI is InChI=1S/C28H26F2N3O6P/c1-17-13-21(39-12-2-11-28(29,30)40(36,37)38)8-7-20(17)6-3-19-14-23-22-9-4-18(5-10-25(34)35)15-24(22)33-27(31)26(23)32-16-19/h4,7-9,13-16H,2,5,10-12H2,1H3,(H2,31,33)(H,34,35)(H2,36,37,38). The highest BCUT2D eigenvalue weighted by molar-refractivity contribution is 7.53. The number of carboxylic acids is 1. The van der Waals surface area contributed by atoms with Gasteiger partial charge in [0.25, 0.3) is 0 Å². The molecule has 0 atom stereocenters. The molecule has 0 aliphatic carbocycles. The summed E-state index contributed by atoms with van der Waals surface area (Å²) in [5.74, 6) is 5.98. The van der Waals surface area contributed by atoms with E-state index in [-0.39, 0.29) is 25.3 Å². The van der Waals surface area contributed by atoms with Crippen molar-refractivity contribution in [3.8, 4) is 17.6 Å². The van der Waals surface area contributed by atoms with Gasteiger partial charge < -0.3 is 25.4 Å². The van der Waals surface area contributed by atoms with Crippen LogP contribution >= 0.6 is 7.60 Å². The topological polar surface area (TPSA) is 156 Å². The number of aliphatic carboxylic acids is 1. The Labute approximate surface area is 228 Å². The number of nitrogens with two attached hydrogens (primary N) is 1. The van der Waals surface area contributed by atoms with E-state index >= 15 is 0 Å². The van der Waals surface area contributed by atoms with Crippen LogP contribution in [0.2, 0.25) is 0 Å². The third-order valence-electron chi connectivity index (χ3n) is 6.21. The maximum atomic E-state index is 13.4. The van der Waals surface area contributed by atoms with E-state index < -0.39 is 25.6 Å². The number of ether oxygens (including phenoxy) is 1. The van der Waals surface area contributed by atoms with Crippen LogP contribution in [0.25, 0.3) is 21.8 Å². The molecule has 0 bridgehead atoms. The average molecular weight is 570 g/mol. The van der Waals surface area contributed by atoms with Crippen molar-refractivity contribution in [2.45, 2.75) is 38.3 Å². The number of nitrogen functional groups attached to an aromatic ring is 1. The third kappa shape index (κ3) is 6.72. The fraction of sp³-hybridized carbons (Fsp3) is 0.250. The Morgan fingerprint density at radius 1 is 1.12 bits per heavy atom. The Kier molecular flexibility index (Phi) is 8.35. The van der Waals surface area contributed by atoms with Crippen molar-refractivity contribution in [3.63, 3.8) is 0 Å². The fourth-order valence-electron chi connectivity index (χ4n) is 4.06. The quantitative estimate of drug-likeness (QED) is 0.0941. The molecule has 4 rings (SSSR count). The second-order valence-corrected chi connectivity index (χ2v) is 11.0. The van der Waals surface area contributed by atoms with E-state index in [1.807, 2.05) is 31.2 Å². The summed E-state index contributed by atoms with van der Waals surface area (Å²) in [7, 11) is -5.50. The minimum atomic E-state index is -5.50. The summed E-state index contributed by atoms with van der Waals surface area (Å²) in [6, 6.07) is 12.5. The number of alkyl halides is 2. The molecule has 5 N–H and O–H groups in total. The zero-order chi connectivity index (χ0) is 29.1. The maximum absolute atomic E-state index is 13.4. The van der Waals surface area contributed by atoms with Crippen molar-refractivity contribution in [1.29, 1.82) is 0 Å². The molecule has 2 heterocycles. The molecular weight excluding hydrogens is 543 g/mol. The number of aromatic nitrogens is 2. The summed E-state index contributed by atoms with van der Waals surface area (Å²) in [6.45, 7) is 1.69. The minimum Gasteiger partial charge on any atom is -0.494 e. The van der Waals surface area contributed by atoms with Crippen LogP contribution in [0.5, 0.6) is 5.75 Å². The van der Waals surface area contributed by atoms with Gasteiger partial charge in [0.05, 0.1) is 12.1 Å². The highest BCUT2D eigenvalue weighted by Gasteiger charge is 2.47. The van der Waals surface area contributed by atoms with Crippen LogP contribution < -0.4 is 10.5 Å². The molecule has 40 heavy (non-hydrogen) atoms. The molecule has 0 fully saturated rings. The molecule has 0 unspecified atom stereocenters. The molecule has 0 saturated carbocycles. The predicted octanol–water partition coefficient (Wildman–Crippen LogP) is 5.02. The number of fused-ring (bicyclic) bond motifs is 3. The Bertz CT molecular complexity index is 1710. The number of aryl methyl sites for hydroxylation is 2. The summed E-state index contributed by atoms with van der Waals surface area (Å²) in [6.07, 6.45) is 0.778. The molecule has 4 aromatic rings. The van der Waals surface area contributed by atoms with Gasteiger partial charge in [-0.25, -0.2) is 4.98 Å². The lowest BCUT2D eigenvalue weighted by molar-refractivity contribution is -0.136. The molecule has 208 valence electrons. The number of benzene rings is 2. The van der Waals surface area contributed by atoms with Crippen LogP contribution in [0.1, 0.15) is 41.5 Å². The summed E-state index contributed by atoms with van der Waals surface area (Å²) in [4.78, 5) is 37.2. The van der Waals surface area contributed by atoms with Gasteiger partial charge in [-0.1, -0.05) is 24.0 Å². The molecular formula is C28H26F2N3O6P. The number of hydrogen-bond donors (Lipinski definition) is 4. The predicted molar refractivity (Wildman–Crippen MR) is 146 cm³/mol. The molecule has 0 saturated heterocycles. The Hall–Kier alpha value is -4.10. The van der Waals surface area contributed by atoms with Crippen molar-refractivity contribution in [2.24, 2.45) is 0 Å². The van der Waals surface area contributed by atoms with E-state index in [2.05, 4.69) is 21.8 Å². The fourth-order valence-corrected chi connectivity index (χ4v) is 4.51. The SMILES string of the molecule is Cc1cc(OCCCC(F)(F)P(=O)(O)O)ccc1C#Cc1cnc2c(N)nc3cc(CCC(=O)O)ccc3c2c1. The smallest absolute Gasteiger partial charge is 0.394 e. The molecule has 0 aliphatic heterocycles. The van der Waals surface area contributed by atoms with E-state index in [0.29, 0.717) is 34.3 Å². The maximum Gasteiger partial charge on any atom is 0.394 e. The van der Waals surface area contributed by atoms with Gasteiger partial charge in [-0.05, 0) is 61.2 Å². The first-order chi connectivity index (χ1) is 18.8. The first-order valence-corrected chi connectivity index (χ1v) is 13.8. The van der Waals surface area contributed by atoms with Crippen LogP contribution in [0.3, 0.4) is 0 Å². The largest absolute Gasteiger partial charge is 0.494 e. The van der Waals surface area contributed by atoms with Crippen LogP contribution in [-0.2, 0) is 15.8 Å². The van der Waals surface area contributed by atoms with Crippen molar-refractivity contribution >= 4 is 41.2 Å². The van der Waals surface area contributed by atoms with E-state index in [0.717, 1.165) is 21.9 Å². The number of halogens is 2. The third-order valence-corrected chi connectivity index (χ3v) is 7.28. The molecule has 0 aliphatic rings. The van der Waals surface area contributed by atoms with Gasteiger partial charge in [0, 0.05) is 40.9 Å². The average Bonchev–Trinajstić information content (AvgIpc) is 2.88. The first-order valence-electron chi connectivity index (χ1n) is 12.2. The number of hydrogen-bond acceptors (Lipinski definition) is 6. The second-order valence-electron chi connectivity index (χ2n) is 9.25. The summed E-state index contributed by atoms with van der Waals surface area (Å²) in [5, 5.41) is 10.5. The molecule has 0 amide bonds. The van der Waals surface area contributed by atoms with Crippen LogP contribution in [0, 0.1) is 18.8 Å². The van der Waals surface area contributed by atoms with E-state index in [9.17, 15) is 18.1 Å². The van der Waals surface area contributed by atoms with Crippen molar-refractivity contribution < 1.29 is 37.8 Å². The number of anilines is 1. The van der Waals surface area contributed by atoms with Gasteiger partial charge in [-0.15, -0.1) is 0 Å². The molecule has 12 heteroatoms. The lowest BCUT2D eigenvalue weighted by Gasteiger charge is -2.17. The van der Waals surface area contributed by atoms with Gasteiger partial charge in [-0.2, -0.15) is 8.78 Å². The normalized spacial score (nSPS) is 11.8. The summed E-state index contributed by atoms with van der Waals surface area (Å²) in [5.41, 5.74) is 6.20. The molecule has 2 aromatic heterocycles. The number of carboxylic acid groups (broad SMARTS) is 1. The highest BCUT2D eigenvalue weighted by Crippen LogP contribution is 2.55. The Morgan fingerprint density at radius 2 is 1.90 bits per heavy atom. The zero-order valence-electron chi connectivity index (χ0n) is 21.4. The Balaban J connectivity index is 1.50. The number of nitrogens with zero attached hydrogens (tertiary/aromatic N) is 2. The van der Waals surface area contributed by atoms with Crippen molar-refractivity contribution in [1.82, 2.24) is 9.97 Å². The lowest BCUT2D eigenvalue weighted by atomic mass is 10.0. The van der Waals surface area contributed by atoms with Gasteiger partial charge in [0.1, 0.15) is 11.3 Å². The van der Waals surface area contributed by atoms with Gasteiger partial charge in [0.15, 0.2) is 5.82 Å². The van der Waals surface area contributed by atoms with Gasteiger partial charge in [-0.3, -0.25) is 14.3 Å². The first kappa shape index (κ1) is 28.9. The molecule has 0 spiro atoms. The van der Waals surface area contributed by atoms with Crippen LogP contribution in [-0.4, -0.2) is 43.1 Å². The van der Waals surface area contributed by atoms with Crippen LogP contribution in [0.15, 0.2) is 48.7 Å². The van der Waals surface area contributed by atoms with Gasteiger partial charge >= 0.3 is 19.2 Å². The summed E-state index contributed by atoms with van der Waals surface area (Å²) >= 11 is 0. The molecule has 0 radical (unpaired) electrons. The second kappa shape index (κ2) is 11.6. The van der Waals surface area contributed by atoms with Gasteiger partial charge in [0.2, 0.25) is 0 Å². The lowest BCUT2D eigenvalue weighted by Crippen LogP contribution is -2.17. The number of pyridine rings is 2. The van der Waals surface area contributed by atoms with E-state index in [1.165, 1.54) is 0 Å². The molecule has 2 aromatic carbocycles. The van der Waals surface area contributed by atoms with Crippen molar-refractivity contribution in [3.05, 3.63) is 70.9 Å². The van der Waals surface area contributed by atoms with E-state index in [4.69, 9.17) is 25.4 Å². The highest BCUT2D eigenvalue weighted by atomic mass is 31.2.